The topological polar surface area (TPSA) is 55.8 Å². The van der Waals surface area contributed by atoms with Gasteiger partial charge in [-0.2, -0.15) is 0 Å². The van der Waals surface area contributed by atoms with Crippen LogP contribution in [0.5, 0.6) is 5.75 Å². The number of likely N-dealkylation sites (tertiary alicyclic amines) is 1. The Labute approximate surface area is 112 Å². The van der Waals surface area contributed by atoms with Crippen LogP contribution in [0.3, 0.4) is 0 Å². The minimum atomic E-state index is -0.245. The zero-order chi connectivity index (χ0) is 13.8. The summed E-state index contributed by atoms with van der Waals surface area (Å²) in [5.74, 6) is 0.205. The summed E-state index contributed by atoms with van der Waals surface area (Å²) in [6, 6.07) is 6.96. The van der Waals surface area contributed by atoms with Gasteiger partial charge in [-0.25, -0.2) is 0 Å². The van der Waals surface area contributed by atoms with E-state index in [-0.39, 0.29) is 17.8 Å². The molecule has 1 unspecified atom stereocenters. The van der Waals surface area contributed by atoms with Crippen molar-refractivity contribution < 1.29 is 19.1 Å². The fraction of sp³-hybridized carbons (Fsp3) is 0.429. The highest BCUT2D eigenvalue weighted by Gasteiger charge is 2.31. The van der Waals surface area contributed by atoms with Crippen molar-refractivity contribution in [1.82, 2.24) is 4.90 Å². The molecule has 102 valence electrons. The molecule has 1 amide bonds. The second-order valence-corrected chi connectivity index (χ2v) is 4.49. The number of rotatable bonds is 3. The molecule has 2 rings (SSSR count). The molecule has 0 aliphatic carbocycles. The number of carbonyl (C=O) groups is 2. The van der Waals surface area contributed by atoms with E-state index in [4.69, 9.17) is 9.47 Å². The molecular formula is C14H17NO4. The molecule has 0 bridgehead atoms. The zero-order valence-electron chi connectivity index (χ0n) is 11.1. The molecule has 1 aliphatic rings. The predicted octanol–water partition coefficient (Wildman–Crippen LogP) is 1.33. The average Bonchev–Trinajstić information content (AvgIpc) is 2.95. The highest BCUT2D eigenvalue weighted by atomic mass is 16.5. The van der Waals surface area contributed by atoms with Crippen LogP contribution >= 0.6 is 0 Å². The largest absolute Gasteiger partial charge is 0.497 e. The van der Waals surface area contributed by atoms with Gasteiger partial charge in [-0.05, 0) is 30.7 Å². The quantitative estimate of drug-likeness (QED) is 0.772. The lowest BCUT2D eigenvalue weighted by atomic mass is 10.1. The highest BCUT2D eigenvalue weighted by Crippen LogP contribution is 2.20. The van der Waals surface area contributed by atoms with Gasteiger partial charge in [0.05, 0.1) is 20.1 Å². The van der Waals surface area contributed by atoms with Crippen LogP contribution in [-0.4, -0.2) is 44.1 Å². The van der Waals surface area contributed by atoms with Crippen molar-refractivity contribution in [3.63, 3.8) is 0 Å². The number of amides is 1. The first kappa shape index (κ1) is 13.4. The maximum Gasteiger partial charge on any atom is 0.310 e. The predicted molar refractivity (Wildman–Crippen MR) is 69.0 cm³/mol. The lowest BCUT2D eigenvalue weighted by Gasteiger charge is -2.16. The van der Waals surface area contributed by atoms with Crippen molar-refractivity contribution in [3.05, 3.63) is 29.8 Å². The van der Waals surface area contributed by atoms with Crippen LogP contribution < -0.4 is 4.74 Å². The molecule has 1 heterocycles. The van der Waals surface area contributed by atoms with E-state index < -0.39 is 0 Å². The Morgan fingerprint density at radius 2 is 1.89 bits per heavy atom. The van der Waals surface area contributed by atoms with Gasteiger partial charge >= 0.3 is 5.97 Å². The summed E-state index contributed by atoms with van der Waals surface area (Å²) in [6.07, 6.45) is 0.661. The molecule has 19 heavy (non-hydrogen) atoms. The Balaban J connectivity index is 2.02. The van der Waals surface area contributed by atoms with Crippen molar-refractivity contribution in [1.29, 1.82) is 0 Å². The van der Waals surface area contributed by atoms with Crippen LogP contribution in [0.1, 0.15) is 16.8 Å². The molecule has 0 radical (unpaired) electrons. The minimum Gasteiger partial charge on any atom is -0.497 e. The third-order valence-corrected chi connectivity index (χ3v) is 3.35. The van der Waals surface area contributed by atoms with Crippen LogP contribution in [0.4, 0.5) is 0 Å². The summed E-state index contributed by atoms with van der Waals surface area (Å²) in [4.78, 5) is 25.3. The van der Waals surface area contributed by atoms with Gasteiger partial charge in [0, 0.05) is 18.7 Å². The summed E-state index contributed by atoms with van der Waals surface area (Å²) in [5, 5.41) is 0. The molecule has 0 spiro atoms. The number of benzene rings is 1. The number of esters is 1. The van der Waals surface area contributed by atoms with Crippen LogP contribution in [0.2, 0.25) is 0 Å². The Morgan fingerprint density at radius 3 is 2.47 bits per heavy atom. The molecule has 0 aromatic heterocycles. The molecule has 1 aliphatic heterocycles. The number of ether oxygens (including phenoxy) is 2. The minimum absolute atomic E-state index is 0.0611. The van der Waals surface area contributed by atoms with E-state index in [1.165, 1.54) is 7.11 Å². The third kappa shape index (κ3) is 2.86. The van der Waals surface area contributed by atoms with Crippen molar-refractivity contribution in [2.24, 2.45) is 5.92 Å². The van der Waals surface area contributed by atoms with Gasteiger partial charge in [-0.15, -0.1) is 0 Å². The van der Waals surface area contributed by atoms with Crippen LogP contribution in [0.25, 0.3) is 0 Å². The molecular weight excluding hydrogens is 246 g/mol. The number of hydrogen-bond acceptors (Lipinski definition) is 4. The first-order valence-electron chi connectivity index (χ1n) is 6.17. The van der Waals surface area contributed by atoms with Gasteiger partial charge in [-0.1, -0.05) is 0 Å². The van der Waals surface area contributed by atoms with Gasteiger partial charge in [0.2, 0.25) is 0 Å². The van der Waals surface area contributed by atoms with E-state index in [0.29, 0.717) is 30.8 Å². The summed E-state index contributed by atoms with van der Waals surface area (Å²) in [5.41, 5.74) is 0.603. The van der Waals surface area contributed by atoms with Crippen LogP contribution in [0, 0.1) is 5.92 Å². The lowest BCUT2D eigenvalue weighted by Crippen LogP contribution is -2.30. The molecule has 0 saturated carbocycles. The van der Waals surface area contributed by atoms with Gasteiger partial charge in [0.25, 0.3) is 5.91 Å². The average molecular weight is 263 g/mol. The number of carbonyl (C=O) groups excluding carboxylic acids is 2. The van der Waals surface area contributed by atoms with Crippen LogP contribution in [-0.2, 0) is 9.53 Å². The maximum absolute atomic E-state index is 12.2. The second-order valence-electron chi connectivity index (χ2n) is 4.49. The second kappa shape index (κ2) is 5.73. The number of nitrogens with zero attached hydrogens (tertiary/aromatic N) is 1. The molecule has 0 N–H and O–H groups in total. The monoisotopic (exact) mass is 263 g/mol. The normalized spacial score (nSPS) is 18.2. The Hall–Kier alpha value is -2.04. The fourth-order valence-corrected chi connectivity index (χ4v) is 2.22. The van der Waals surface area contributed by atoms with Crippen LogP contribution in [0.15, 0.2) is 24.3 Å². The summed E-state index contributed by atoms with van der Waals surface area (Å²) >= 11 is 0. The van der Waals surface area contributed by atoms with E-state index >= 15 is 0 Å². The first-order valence-corrected chi connectivity index (χ1v) is 6.17. The number of hydrogen-bond donors (Lipinski definition) is 0. The fourth-order valence-electron chi connectivity index (χ4n) is 2.22. The van der Waals surface area contributed by atoms with E-state index in [9.17, 15) is 9.59 Å². The van der Waals surface area contributed by atoms with Crippen molar-refractivity contribution >= 4 is 11.9 Å². The molecule has 1 atom stereocenters. The molecule has 1 aromatic rings. The van der Waals surface area contributed by atoms with E-state index in [0.717, 1.165) is 0 Å². The number of methoxy groups -OCH3 is 2. The lowest BCUT2D eigenvalue weighted by molar-refractivity contribution is -0.144. The molecule has 1 aromatic carbocycles. The van der Waals surface area contributed by atoms with Crippen molar-refractivity contribution in [2.45, 2.75) is 6.42 Å². The standard InChI is InChI=1S/C14H17NO4/c1-18-12-5-3-10(4-6-12)13(16)15-8-7-11(9-15)14(17)19-2/h3-6,11H,7-9H2,1-2H3. The summed E-state index contributed by atoms with van der Waals surface area (Å²) in [6.45, 7) is 1.02. The van der Waals surface area contributed by atoms with Gasteiger partial charge in [-0.3, -0.25) is 9.59 Å². The molecule has 1 fully saturated rings. The third-order valence-electron chi connectivity index (χ3n) is 3.35. The Morgan fingerprint density at radius 1 is 1.21 bits per heavy atom. The SMILES string of the molecule is COC(=O)C1CCN(C(=O)c2ccc(OC)cc2)C1. The maximum atomic E-state index is 12.2. The van der Waals surface area contributed by atoms with Gasteiger partial charge < -0.3 is 14.4 Å². The highest BCUT2D eigenvalue weighted by molar-refractivity contribution is 5.95. The summed E-state index contributed by atoms with van der Waals surface area (Å²) < 4.78 is 9.76. The summed E-state index contributed by atoms with van der Waals surface area (Å²) in [7, 11) is 2.95. The molecule has 1 saturated heterocycles. The molecule has 5 nitrogen and oxygen atoms in total. The zero-order valence-corrected chi connectivity index (χ0v) is 11.1. The first-order chi connectivity index (χ1) is 9.15. The van der Waals surface area contributed by atoms with E-state index in [1.807, 2.05) is 0 Å². The Kier molecular flexibility index (Phi) is 4.04. The van der Waals surface area contributed by atoms with Crippen molar-refractivity contribution in [3.8, 4) is 5.75 Å². The Bertz CT molecular complexity index is 469. The van der Waals surface area contributed by atoms with Crippen molar-refractivity contribution in [2.75, 3.05) is 27.3 Å². The van der Waals surface area contributed by atoms with Gasteiger partial charge in [0.15, 0.2) is 0 Å². The smallest absolute Gasteiger partial charge is 0.310 e. The van der Waals surface area contributed by atoms with E-state index in [2.05, 4.69) is 0 Å². The molecule has 5 heteroatoms. The van der Waals surface area contributed by atoms with Gasteiger partial charge in [0.1, 0.15) is 5.75 Å². The van der Waals surface area contributed by atoms with E-state index in [1.54, 1.807) is 36.3 Å².